The van der Waals surface area contributed by atoms with Crippen LogP contribution in [0.3, 0.4) is 0 Å². The number of nitrogens with one attached hydrogen (secondary N) is 1. The van der Waals surface area contributed by atoms with E-state index in [-0.39, 0.29) is 10.8 Å². The molecule has 0 radical (unpaired) electrons. The molecule has 6 nitrogen and oxygen atoms in total. The summed E-state index contributed by atoms with van der Waals surface area (Å²) in [7, 11) is -3.80. The Morgan fingerprint density at radius 3 is 2.00 bits per heavy atom. The molecule has 1 aromatic carbocycles. The fraction of sp³-hybridized carbons (Fsp3) is 0.588. The lowest BCUT2D eigenvalue weighted by atomic mass is 10.2. The molecule has 1 N–H and O–H groups in total. The largest absolute Gasteiger partial charge is 0.369 e. The molecule has 2 rings (SSSR count). The summed E-state index contributed by atoms with van der Waals surface area (Å²) in [6.45, 7) is 11.6. The highest BCUT2D eigenvalue weighted by Gasteiger charge is 2.21. The van der Waals surface area contributed by atoms with Gasteiger partial charge < -0.3 is 4.90 Å². The SMILES string of the molecule is CC(C)C(=O)NS(=O)(=O)c1ccc(N2CCN(C(C)C)CC2)cc1. The van der Waals surface area contributed by atoms with Crippen LogP contribution in [0.5, 0.6) is 0 Å². The van der Waals surface area contributed by atoms with E-state index < -0.39 is 15.9 Å². The average molecular weight is 353 g/mol. The summed E-state index contributed by atoms with van der Waals surface area (Å²) in [5, 5.41) is 0. The van der Waals surface area contributed by atoms with Crippen LogP contribution < -0.4 is 9.62 Å². The second-order valence-electron chi connectivity index (χ2n) is 6.74. The average Bonchev–Trinajstić information content (AvgIpc) is 2.54. The third-order valence-corrected chi connectivity index (χ3v) is 5.68. The quantitative estimate of drug-likeness (QED) is 0.872. The summed E-state index contributed by atoms with van der Waals surface area (Å²) in [5.41, 5.74) is 1.01. The van der Waals surface area contributed by atoms with Crippen LogP contribution in [0.25, 0.3) is 0 Å². The van der Waals surface area contributed by atoms with Crippen LogP contribution in [0, 0.1) is 5.92 Å². The van der Waals surface area contributed by atoms with Crippen molar-refractivity contribution in [1.82, 2.24) is 9.62 Å². The third kappa shape index (κ3) is 4.48. The van der Waals surface area contributed by atoms with Crippen LogP contribution in [-0.4, -0.2) is 51.4 Å². The molecule has 0 spiro atoms. The Kier molecular flexibility index (Phi) is 5.87. The van der Waals surface area contributed by atoms with Crippen LogP contribution in [0.4, 0.5) is 5.69 Å². The van der Waals surface area contributed by atoms with Gasteiger partial charge in [-0.05, 0) is 38.1 Å². The number of anilines is 1. The standard InChI is InChI=1S/C17H27N3O3S/c1-13(2)17(21)18-24(22,23)16-7-5-15(6-8-16)20-11-9-19(10-12-20)14(3)4/h5-8,13-14H,9-12H2,1-4H3,(H,18,21). The first kappa shape index (κ1) is 18.7. The predicted molar refractivity (Wildman–Crippen MR) is 95.5 cm³/mol. The molecule has 1 fully saturated rings. The number of carbonyl (C=O) groups is 1. The van der Waals surface area contributed by atoms with Gasteiger partial charge in [-0.3, -0.25) is 9.69 Å². The van der Waals surface area contributed by atoms with Crippen molar-refractivity contribution in [3.8, 4) is 0 Å². The van der Waals surface area contributed by atoms with Crippen molar-refractivity contribution >= 4 is 21.6 Å². The number of piperazine rings is 1. The molecule has 1 saturated heterocycles. The first-order chi connectivity index (χ1) is 11.2. The normalized spacial score (nSPS) is 16.7. The smallest absolute Gasteiger partial charge is 0.264 e. The molecular formula is C17H27N3O3S. The number of hydrogen-bond acceptors (Lipinski definition) is 5. The van der Waals surface area contributed by atoms with Gasteiger partial charge in [0.2, 0.25) is 5.91 Å². The van der Waals surface area contributed by atoms with E-state index in [9.17, 15) is 13.2 Å². The summed E-state index contributed by atoms with van der Waals surface area (Å²) in [4.78, 5) is 16.4. The summed E-state index contributed by atoms with van der Waals surface area (Å²) < 4.78 is 26.5. The molecule has 1 amide bonds. The Morgan fingerprint density at radius 2 is 1.54 bits per heavy atom. The molecule has 1 heterocycles. The Hall–Kier alpha value is -1.60. The first-order valence-corrected chi connectivity index (χ1v) is 9.85. The van der Waals surface area contributed by atoms with Gasteiger partial charge in [0.1, 0.15) is 0 Å². The summed E-state index contributed by atoms with van der Waals surface area (Å²) in [5.74, 6) is -0.875. The van der Waals surface area contributed by atoms with Gasteiger partial charge in [0.25, 0.3) is 10.0 Å². The molecule has 0 saturated carbocycles. The van der Waals surface area contributed by atoms with Gasteiger partial charge >= 0.3 is 0 Å². The topological polar surface area (TPSA) is 69.7 Å². The Morgan fingerprint density at radius 1 is 1.00 bits per heavy atom. The second-order valence-corrected chi connectivity index (χ2v) is 8.42. The van der Waals surface area contributed by atoms with Gasteiger partial charge in [-0.25, -0.2) is 13.1 Å². The van der Waals surface area contributed by atoms with Crippen molar-refractivity contribution in [2.75, 3.05) is 31.1 Å². The molecule has 7 heteroatoms. The predicted octanol–water partition coefficient (Wildman–Crippen LogP) is 1.68. The molecule has 1 aromatic rings. The summed E-state index contributed by atoms with van der Waals surface area (Å²) in [6, 6.07) is 7.27. The van der Waals surface area contributed by atoms with Crippen LogP contribution in [0.2, 0.25) is 0 Å². The zero-order chi connectivity index (χ0) is 17.9. The van der Waals surface area contributed by atoms with E-state index in [1.807, 2.05) is 0 Å². The van der Waals surface area contributed by atoms with Gasteiger partial charge in [-0.15, -0.1) is 0 Å². The lowest BCUT2D eigenvalue weighted by molar-refractivity contribution is -0.122. The molecule has 0 aliphatic carbocycles. The highest BCUT2D eigenvalue weighted by molar-refractivity contribution is 7.90. The van der Waals surface area contributed by atoms with Crippen molar-refractivity contribution in [3.63, 3.8) is 0 Å². The number of hydrogen-bond donors (Lipinski definition) is 1. The van der Waals surface area contributed by atoms with Gasteiger partial charge in [0, 0.05) is 43.8 Å². The third-order valence-electron chi connectivity index (χ3n) is 4.32. The lowest BCUT2D eigenvalue weighted by Gasteiger charge is -2.38. The molecule has 0 atom stereocenters. The minimum Gasteiger partial charge on any atom is -0.369 e. The van der Waals surface area contributed by atoms with Gasteiger partial charge in [-0.2, -0.15) is 0 Å². The van der Waals surface area contributed by atoms with Crippen LogP contribution in [0.15, 0.2) is 29.2 Å². The van der Waals surface area contributed by atoms with E-state index in [4.69, 9.17) is 0 Å². The molecule has 1 aliphatic rings. The zero-order valence-corrected chi connectivity index (χ0v) is 15.6. The lowest BCUT2D eigenvalue weighted by Crippen LogP contribution is -2.48. The molecule has 1 aliphatic heterocycles. The minimum absolute atomic E-state index is 0.112. The number of nitrogens with zero attached hydrogens (tertiary/aromatic N) is 2. The Balaban J connectivity index is 2.04. The van der Waals surface area contributed by atoms with E-state index >= 15 is 0 Å². The number of sulfonamides is 1. The van der Waals surface area contributed by atoms with Crippen molar-refractivity contribution in [1.29, 1.82) is 0 Å². The first-order valence-electron chi connectivity index (χ1n) is 8.36. The van der Waals surface area contributed by atoms with Crippen LogP contribution >= 0.6 is 0 Å². The highest BCUT2D eigenvalue weighted by atomic mass is 32.2. The second kappa shape index (κ2) is 7.53. The van der Waals surface area contributed by atoms with E-state index in [0.717, 1.165) is 31.9 Å². The molecule has 0 unspecified atom stereocenters. The Labute approximate surface area is 144 Å². The molecule has 0 bridgehead atoms. The number of benzene rings is 1. The maximum atomic E-state index is 12.2. The van der Waals surface area contributed by atoms with Gasteiger partial charge in [0.15, 0.2) is 0 Å². The summed E-state index contributed by atoms with van der Waals surface area (Å²) >= 11 is 0. The van der Waals surface area contributed by atoms with Crippen molar-refractivity contribution in [3.05, 3.63) is 24.3 Å². The monoisotopic (exact) mass is 353 g/mol. The van der Waals surface area contributed by atoms with Gasteiger partial charge in [-0.1, -0.05) is 13.8 Å². The van der Waals surface area contributed by atoms with E-state index in [1.54, 1.807) is 38.1 Å². The van der Waals surface area contributed by atoms with Gasteiger partial charge in [0.05, 0.1) is 4.90 Å². The van der Waals surface area contributed by atoms with Crippen molar-refractivity contribution < 1.29 is 13.2 Å². The number of rotatable bonds is 5. The maximum absolute atomic E-state index is 12.2. The Bertz CT molecular complexity index is 661. The molecule has 24 heavy (non-hydrogen) atoms. The number of carbonyl (C=O) groups excluding carboxylic acids is 1. The fourth-order valence-electron chi connectivity index (χ4n) is 2.64. The van der Waals surface area contributed by atoms with Crippen LogP contribution in [0.1, 0.15) is 27.7 Å². The molecular weight excluding hydrogens is 326 g/mol. The molecule has 134 valence electrons. The minimum atomic E-state index is -3.80. The molecule has 0 aromatic heterocycles. The van der Waals surface area contributed by atoms with Crippen molar-refractivity contribution in [2.45, 2.75) is 38.6 Å². The number of amides is 1. The van der Waals surface area contributed by atoms with Crippen LogP contribution in [-0.2, 0) is 14.8 Å². The zero-order valence-electron chi connectivity index (χ0n) is 14.8. The fourth-order valence-corrected chi connectivity index (χ4v) is 3.75. The summed E-state index contributed by atoms with van der Waals surface area (Å²) in [6.07, 6.45) is 0. The van der Waals surface area contributed by atoms with E-state index in [1.165, 1.54) is 0 Å². The van der Waals surface area contributed by atoms with E-state index in [0.29, 0.717) is 6.04 Å². The van der Waals surface area contributed by atoms with Crippen molar-refractivity contribution in [2.24, 2.45) is 5.92 Å². The van der Waals surface area contributed by atoms with E-state index in [2.05, 4.69) is 28.4 Å². The maximum Gasteiger partial charge on any atom is 0.264 e. The highest BCUT2D eigenvalue weighted by Crippen LogP contribution is 2.20.